The summed E-state index contributed by atoms with van der Waals surface area (Å²) in [7, 11) is 0. The third kappa shape index (κ3) is 4.27. The second kappa shape index (κ2) is 7.33. The topological polar surface area (TPSA) is 78.9 Å². The molecule has 0 spiro atoms. The highest BCUT2D eigenvalue weighted by Gasteiger charge is 2.32. The predicted molar refractivity (Wildman–Crippen MR) is 65.9 cm³/mol. The highest BCUT2D eigenvalue weighted by Crippen LogP contribution is 2.11. The second-order valence-electron chi connectivity index (χ2n) is 4.46. The Labute approximate surface area is 107 Å². The first kappa shape index (κ1) is 14.9. The summed E-state index contributed by atoms with van der Waals surface area (Å²) in [5.41, 5.74) is 0. The molecule has 18 heavy (non-hydrogen) atoms. The summed E-state index contributed by atoms with van der Waals surface area (Å²) in [4.78, 5) is 25.4. The number of nitrogens with one attached hydrogen (secondary N) is 1. The van der Waals surface area contributed by atoms with Gasteiger partial charge in [0.1, 0.15) is 6.04 Å². The van der Waals surface area contributed by atoms with E-state index in [0.717, 1.165) is 0 Å². The Balaban J connectivity index is 2.58. The van der Waals surface area contributed by atoms with Gasteiger partial charge in [0, 0.05) is 19.5 Å². The standard InChI is InChI=1S/C12H22N2O4/c1-3-13-12(17)10-8-18-7-6-14(10)11(16)5-4-9(2)15/h9-10,15H,3-8H2,1-2H3,(H,13,17). The van der Waals surface area contributed by atoms with Gasteiger partial charge in [-0.15, -0.1) is 0 Å². The highest BCUT2D eigenvalue weighted by atomic mass is 16.5. The summed E-state index contributed by atoms with van der Waals surface area (Å²) in [5, 5.41) is 11.9. The molecular weight excluding hydrogens is 236 g/mol. The molecule has 0 saturated carbocycles. The third-order valence-electron chi connectivity index (χ3n) is 2.88. The van der Waals surface area contributed by atoms with Crippen molar-refractivity contribution in [3.63, 3.8) is 0 Å². The Kier molecular flexibility index (Phi) is 6.07. The zero-order valence-corrected chi connectivity index (χ0v) is 11.0. The Morgan fingerprint density at radius 3 is 2.89 bits per heavy atom. The van der Waals surface area contributed by atoms with Crippen LogP contribution in [0.25, 0.3) is 0 Å². The lowest BCUT2D eigenvalue weighted by molar-refractivity contribution is -0.148. The minimum Gasteiger partial charge on any atom is -0.393 e. The Hall–Kier alpha value is -1.14. The van der Waals surface area contributed by atoms with E-state index in [0.29, 0.717) is 26.1 Å². The molecule has 0 bridgehead atoms. The molecule has 0 aromatic rings. The minimum atomic E-state index is -0.541. The van der Waals surface area contributed by atoms with E-state index in [-0.39, 0.29) is 24.8 Å². The number of rotatable bonds is 5. The van der Waals surface area contributed by atoms with Gasteiger partial charge in [-0.2, -0.15) is 0 Å². The number of ether oxygens (including phenoxy) is 1. The summed E-state index contributed by atoms with van der Waals surface area (Å²) >= 11 is 0. The van der Waals surface area contributed by atoms with Crippen molar-refractivity contribution >= 4 is 11.8 Å². The zero-order valence-electron chi connectivity index (χ0n) is 11.0. The third-order valence-corrected chi connectivity index (χ3v) is 2.88. The molecule has 6 heteroatoms. The van der Waals surface area contributed by atoms with E-state index in [4.69, 9.17) is 4.74 Å². The van der Waals surface area contributed by atoms with Gasteiger partial charge >= 0.3 is 0 Å². The molecule has 1 saturated heterocycles. The van der Waals surface area contributed by atoms with Gasteiger partial charge in [0.2, 0.25) is 11.8 Å². The zero-order chi connectivity index (χ0) is 13.5. The van der Waals surface area contributed by atoms with E-state index in [2.05, 4.69) is 5.32 Å². The van der Waals surface area contributed by atoms with Crippen molar-refractivity contribution in [2.24, 2.45) is 0 Å². The Bertz CT molecular complexity index is 294. The Morgan fingerprint density at radius 2 is 2.28 bits per heavy atom. The SMILES string of the molecule is CCNC(=O)C1COCCN1C(=O)CCC(C)O. The first-order valence-electron chi connectivity index (χ1n) is 6.39. The van der Waals surface area contributed by atoms with Gasteiger partial charge in [-0.1, -0.05) is 0 Å². The van der Waals surface area contributed by atoms with Crippen molar-refractivity contribution in [3.8, 4) is 0 Å². The summed E-state index contributed by atoms with van der Waals surface area (Å²) < 4.78 is 5.25. The van der Waals surface area contributed by atoms with Gasteiger partial charge in [-0.25, -0.2) is 0 Å². The molecule has 1 aliphatic rings. The van der Waals surface area contributed by atoms with E-state index in [1.807, 2.05) is 6.92 Å². The molecule has 0 aliphatic carbocycles. The molecule has 2 N–H and O–H groups in total. The monoisotopic (exact) mass is 258 g/mol. The molecule has 0 radical (unpaired) electrons. The molecule has 2 amide bonds. The van der Waals surface area contributed by atoms with Crippen LogP contribution >= 0.6 is 0 Å². The van der Waals surface area contributed by atoms with E-state index in [9.17, 15) is 14.7 Å². The van der Waals surface area contributed by atoms with Gasteiger partial charge in [0.05, 0.1) is 19.3 Å². The van der Waals surface area contributed by atoms with Crippen LogP contribution in [-0.4, -0.2) is 60.3 Å². The predicted octanol–water partition coefficient (Wildman–Crippen LogP) is -0.489. The number of aliphatic hydroxyl groups is 1. The van der Waals surface area contributed by atoms with Crippen LogP contribution in [-0.2, 0) is 14.3 Å². The summed E-state index contributed by atoms with van der Waals surface area (Å²) in [5.74, 6) is -0.280. The molecular formula is C12H22N2O4. The molecule has 1 rings (SSSR count). The average molecular weight is 258 g/mol. The van der Waals surface area contributed by atoms with Crippen LogP contribution in [0.3, 0.4) is 0 Å². The lowest BCUT2D eigenvalue weighted by atomic mass is 10.1. The maximum Gasteiger partial charge on any atom is 0.245 e. The molecule has 1 heterocycles. The van der Waals surface area contributed by atoms with Crippen molar-refractivity contribution in [2.45, 2.75) is 38.8 Å². The van der Waals surface area contributed by atoms with Gasteiger partial charge in [-0.05, 0) is 20.3 Å². The second-order valence-corrected chi connectivity index (χ2v) is 4.46. The quantitative estimate of drug-likeness (QED) is 0.697. The molecule has 1 aliphatic heterocycles. The lowest BCUT2D eigenvalue weighted by Gasteiger charge is -2.34. The number of hydrogen-bond acceptors (Lipinski definition) is 4. The molecule has 0 aromatic carbocycles. The van der Waals surface area contributed by atoms with Gasteiger partial charge in [-0.3, -0.25) is 9.59 Å². The fourth-order valence-electron chi connectivity index (χ4n) is 1.89. The fraction of sp³-hybridized carbons (Fsp3) is 0.833. The van der Waals surface area contributed by atoms with Gasteiger partial charge in [0.25, 0.3) is 0 Å². The van der Waals surface area contributed by atoms with Crippen LogP contribution < -0.4 is 5.32 Å². The summed E-state index contributed by atoms with van der Waals surface area (Å²) in [6, 6.07) is -0.541. The van der Waals surface area contributed by atoms with Crippen molar-refractivity contribution in [1.82, 2.24) is 10.2 Å². The number of carbonyl (C=O) groups is 2. The first-order chi connectivity index (χ1) is 8.56. The van der Waals surface area contributed by atoms with Crippen LogP contribution in [0.2, 0.25) is 0 Å². The number of morpholine rings is 1. The lowest BCUT2D eigenvalue weighted by Crippen LogP contribution is -2.55. The van der Waals surface area contributed by atoms with Crippen molar-refractivity contribution < 1.29 is 19.4 Å². The highest BCUT2D eigenvalue weighted by molar-refractivity contribution is 5.88. The molecule has 1 fully saturated rings. The van der Waals surface area contributed by atoms with Crippen molar-refractivity contribution in [2.75, 3.05) is 26.3 Å². The molecule has 0 aromatic heterocycles. The van der Waals surface area contributed by atoms with Crippen LogP contribution in [0.4, 0.5) is 0 Å². The smallest absolute Gasteiger partial charge is 0.245 e. The fourth-order valence-corrected chi connectivity index (χ4v) is 1.89. The van der Waals surface area contributed by atoms with Crippen LogP contribution in [0, 0.1) is 0 Å². The van der Waals surface area contributed by atoms with Crippen molar-refractivity contribution in [1.29, 1.82) is 0 Å². The average Bonchev–Trinajstić information content (AvgIpc) is 2.36. The molecule has 6 nitrogen and oxygen atoms in total. The number of nitrogens with zero attached hydrogens (tertiary/aromatic N) is 1. The largest absolute Gasteiger partial charge is 0.393 e. The van der Waals surface area contributed by atoms with Crippen LogP contribution in [0.1, 0.15) is 26.7 Å². The molecule has 2 atom stereocenters. The van der Waals surface area contributed by atoms with Crippen LogP contribution in [0.15, 0.2) is 0 Å². The molecule has 104 valence electrons. The van der Waals surface area contributed by atoms with Crippen LogP contribution in [0.5, 0.6) is 0 Å². The van der Waals surface area contributed by atoms with E-state index in [1.54, 1.807) is 11.8 Å². The number of amides is 2. The minimum absolute atomic E-state index is 0.101. The normalized spacial score (nSPS) is 21.5. The first-order valence-corrected chi connectivity index (χ1v) is 6.39. The number of hydrogen-bond donors (Lipinski definition) is 2. The number of aliphatic hydroxyl groups excluding tert-OH is 1. The summed E-state index contributed by atoms with van der Waals surface area (Å²) in [6.45, 7) is 5.14. The molecule has 2 unspecified atom stereocenters. The number of carbonyl (C=O) groups excluding carboxylic acids is 2. The van der Waals surface area contributed by atoms with Gasteiger partial charge in [0.15, 0.2) is 0 Å². The van der Waals surface area contributed by atoms with E-state index >= 15 is 0 Å². The van der Waals surface area contributed by atoms with E-state index < -0.39 is 12.1 Å². The summed E-state index contributed by atoms with van der Waals surface area (Å²) in [6.07, 6.45) is 0.171. The Morgan fingerprint density at radius 1 is 1.56 bits per heavy atom. The van der Waals surface area contributed by atoms with Crippen molar-refractivity contribution in [3.05, 3.63) is 0 Å². The maximum absolute atomic E-state index is 12.0. The van der Waals surface area contributed by atoms with Gasteiger partial charge < -0.3 is 20.1 Å². The maximum atomic E-state index is 12.0. The van der Waals surface area contributed by atoms with E-state index in [1.165, 1.54) is 0 Å². The number of likely N-dealkylation sites (N-methyl/N-ethyl adjacent to an activating group) is 1.